The number of rotatable bonds is 5. The molecule has 1 aromatic carbocycles. The molecule has 1 atom stereocenters. The second kappa shape index (κ2) is 6.28. The monoisotopic (exact) mass is 274 g/mol. The maximum absolute atomic E-state index is 6.08. The zero-order valence-electron chi connectivity index (χ0n) is 13.5. The van der Waals surface area contributed by atoms with Crippen LogP contribution in [0.4, 0.5) is 0 Å². The molecule has 0 radical (unpaired) electrons. The fraction of sp³-hybridized carbons (Fsp3) is 0.667. The predicted octanol–water partition coefficient (Wildman–Crippen LogP) is 3.76. The number of hydrogen-bond acceptors (Lipinski definition) is 2. The van der Waals surface area contributed by atoms with Crippen molar-refractivity contribution in [3.63, 3.8) is 0 Å². The maximum atomic E-state index is 6.08. The molecule has 112 valence electrons. The van der Waals surface area contributed by atoms with Gasteiger partial charge in [-0.1, -0.05) is 38.1 Å². The topological polar surface area (TPSA) is 29.3 Å². The van der Waals surface area contributed by atoms with Crippen molar-refractivity contribution < 1.29 is 0 Å². The molecule has 1 aromatic rings. The van der Waals surface area contributed by atoms with Gasteiger partial charge in [0.2, 0.25) is 0 Å². The molecule has 2 N–H and O–H groups in total. The molecule has 2 nitrogen and oxygen atoms in total. The van der Waals surface area contributed by atoms with Crippen molar-refractivity contribution in [2.24, 2.45) is 11.7 Å². The Kier molecular flexibility index (Phi) is 4.87. The van der Waals surface area contributed by atoms with E-state index in [1.807, 2.05) is 0 Å². The Balaban J connectivity index is 2.15. The van der Waals surface area contributed by atoms with Gasteiger partial charge >= 0.3 is 0 Å². The van der Waals surface area contributed by atoms with Gasteiger partial charge in [-0.25, -0.2) is 0 Å². The lowest BCUT2D eigenvalue weighted by Gasteiger charge is -2.38. The maximum Gasteiger partial charge on any atom is 0.0475 e. The van der Waals surface area contributed by atoms with Gasteiger partial charge in [0.25, 0.3) is 0 Å². The number of nitrogens with two attached hydrogens (primary N) is 1. The van der Waals surface area contributed by atoms with Crippen LogP contribution in [0, 0.1) is 5.92 Å². The van der Waals surface area contributed by atoms with Gasteiger partial charge in [-0.15, -0.1) is 0 Å². The van der Waals surface area contributed by atoms with Crippen molar-refractivity contribution in [1.82, 2.24) is 4.90 Å². The molecule has 0 aliphatic carbocycles. The van der Waals surface area contributed by atoms with Gasteiger partial charge < -0.3 is 5.73 Å². The van der Waals surface area contributed by atoms with Crippen LogP contribution < -0.4 is 5.73 Å². The van der Waals surface area contributed by atoms with Crippen LogP contribution in [0.5, 0.6) is 0 Å². The molecule has 1 heterocycles. The lowest BCUT2D eigenvalue weighted by molar-refractivity contribution is 0.119. The smallest absolute Gasteiger partial charge is 0.0475 e. The van der Waals surface area contributed by atoms with E-state index in [1.165, 1.54) is 30.5 Å². The van der Waals surface area contributed by atoms with Gasteiger partial charge in [-0.3, -0.25) is 4.90 Å². The van der Waals surface area contributed by atoms with Crippen LogP contribution in [-0.2, 0) is 6.42 Å². The van der Waals surface area contributed by atoms with Crippen LogP contribution in [0.2, 0.25) is 0 Å². The zero-order chi connectivity index (χ0) is 14.8. The molecule has 2 rings (SSSR count). The van der Waals surface area contributed by atoms with Crippen molar-refractivity contribution >= 4 is 0 Å². The first kappa shape index (κ1) is 15.5. The van der Waals surface area contributed by atoms with E-state index < -0.39 is 0 Å². The Morgan fingerprint density at radius 3 is 2.30 bits per heavy atom. The first-order valence-electron chi connectivity index (χ1n) is 7.99. The van der Waals surface area contributed by atoms with Crippen LogP contribution in [0.3, 0.4) is 0 Å². The van der Waals surface area contributed by atoms with Crippen LogP contribution in [-0.4, -0.2) is 23.5 Å². The van der Waals surface area contributed by atoms with Gasteiger partial charge in [0.15, 0.2) is 0 Å². The molecule has 1 fully saturated rings. The van der Waals surface area contributed by atoms with Crippen molar-refractivity contribution in [2.45, 2.75) is 58.5 Å². The summed E-state index contributed by atoms with van der Waals surface area (Å²) in [6.45, 7) is 11.1. The number of hydrogen-bond donors (Lipinski definition) is 1. The van der Waals surface area contributed by atoms with E-state index in [1.54, 1.807) is 0 Å². The molecule has 2 heteroatoms. The number of benzene rings is 1. The molecule has 1 aliphatic rings. The van der Waals surface area contributed by atoms with Crippen LogP contribution in [0.1, 0.15) is 57.7 Å². The Bertz CT molecular complexity index is 420. The highest BCUT2D eigenvalue weighted by molar-refractivity contribution is 5.26. The van der Waals surface area contributed by atoms with Crippen molar-refractivity contribution in [3.8, 4) is 0 Å². The fourth-order valence-electron chi connectivity index (χ4n) is 3.50. The second-order valence-electron chi connectivity index (χ2n) is 7.20. The van der Waals surface area contributed by atoms with E-state index in [0.717, 1.165) is 6.42 Å². The summed E-state index contributed by atoms with van der Waals surface area (Å²) in [5.41, 5.74) is 9.16. The van der Waals surface area contributed by atoms with E-state index in [9.17, 15) is 0 Å². The molecule has 0 spiro atoms. The third kappa shape index (κ3) is 3.42. The standard InChI is InChI=1S/C18H30N2/c1-14(2)12-15-6-8-16(9-7-15)17(13-19)20-11-5-10-18(20,3)4/h6-9,14,17H,5,10-13,19H2,1-4H3. The molecular formula is C18H30N2. The fourth-order valence-corrected chi connectivity index (χ4v) is 3.50. The minimum absolute atomic E-state index is 0.278. The van der Waals surface area contributed by atoms with E-state index in [4.69, 9.17) is 5.73 Å². The van der Waals surface area contributed by atoms with Gasteiger partial charge in [0, 0.05) is 18.1 Å². The lowest BCUT2D eigenvalue weighted by Crippen LogP contribution is -2.43. The van der Waals surface area contributed by atoms with Gasteiger partial charge in [0.1, 0.15) is 0 Å². The highest BCUT2D eigenvalue weighted by Crippen LogP contribution is 2.36. The summed E-state index contributed by atoms with van der Waals surface area (Å²) in [6.07, 6.45) is 3.71. The van der Waals surface area contributed by atoms with Crippen molar-refractivity contribution in [3.05, 3.63) is 35.4 Å². The van der Waals surface area contributed by atoms with Crippen LogP contribution in [0.25, 0.3) is 0 Å². The molecule has 0 amide bonds. The zero-order valence-corrected chi connectivity index (χ0v) is 13.5. The van der Waals surface area contributed by atoms with E-state index in [2.05, 4.69) is 56.9 Å². The summed E-state index contributed by atoms with van der Waals surface area (Å²) in [5, 5.41) is 0. The Labute approximate surface area is 124 Å². The molecule has 1 aliphatic heterocycles. The minimum Gasteiger partial charge on any atom is -0.329 e. The minimum atomic E-state index is 0.278. The number of likely N-dealkylation sites (tertiary alicyclic amines) is 1. The Morgan fingerprint density at radius 2 is 1.85 bits per heavy atom. The summed E-state index contributed by atoms with van der Waals surface area (Å²) in [5.74, 6) is 0.712. The van der Waals surface area contributed by atoms with Gasteiger partial charge in [-0.2, -0.15) is 0 Å². The van der Waals surface area contributed by atoms with Crippen LogP contribution >= 0.6 is 0 Å². The van der Waals surface area contributed by atoms with Gasteiger partial charge in [0.05, 0.1) is 0 Å². The Morgan fingerprint density at radius 1 is 1.20 bits per heavy atom. The SMILES string of the molecule is CC(C)Cc1ccc(C(CN)N2CCCC2(C)C)cc1. The van der Waals surface area contributed by atoms with Crippen LogP contribution in [0.15, 0.2) is 24.3 Å². The summed E-state index contributed by atoms with van der Waals surface area (Å²) >= 11 is 0. The highest BCUT2D eigenvalue weighted by atomic mass is 15.2. The molecule has 0 aromatic heterocycles. The molecule has 20 heavy (non-hydrogen) atoms. The first-order valence-corrected chi connectivity index (χ1v) is 7.99. The quantitative estimate of drug-likeness (QED) is 0.886. The summed E-state index contributed by atoms with van der Waals surface area (Å²) in [7, 11) is 0. The van der Waals surface area contributed by atoms with E-state index >= 15 is 0 Å². The molecule has 0 bridgehead atoms. The van der Waals surface area contributed by atoms with E-state index in [0.29, 0.717) is 18.5 Å². The largest absolute Gasteiger partial charge is 0.329 e. The lowest BCUT2D eigenvalue weighted by atomic mass is 9.95. The summed E-state index contributed by atoms with van der Waals surface area (Å²) in [4.78, 5) is 2.59. The molecule has 1 unspecified atom stereocenters. The van der Waals surface area contributed by atoms with Gasteiger partial charge in [-0.05, 0) is 56.7 Å². The predicted molar refractivity (Wildman–Crippen MR) is 86.8 cm³/mol. The van der Waals surface area contributed by atoms with E-state index in [-0.39, 0.29) is 5.54 Å². The third-order valence-corrected chi connectivity index (χ3v) is 4.57. The summed E-state index contributed by atoms with van der Waals surface area (Å²) < 4.78 is 0. The molecule has 0 saturated carbocycles. The average Bonchev–Trinajstić information content (AvgIpc) is 2.72. The molecule has 1 saturated heterocycles. The van der Waals surface area contributed by atoms with Crippen molar-refractivity contribution in [2.75, 3.05) is 13.1 Å². The third-order valence-electron chi connectivity index (χ3n) is 4.57. The Hall–Kier alpha value is -0.860. The van der Waals surface area contributed by atoms with Crippen molar-refractivity contribution in [1.29, 1.82) is 0 Å². The first-order chi connectivity index (χ1) is 9.44. The normalized spacial score (nSPS) is 20.5. The second-order valence-corrected chi connectivity index (χ2v) is 7.20. The molecular weight excluding hydrogens is 244 g/mol. The highest BCUT2D eigenvalue weighted by Gasteiger charge is 2.36. The summed E-state index contributed by atoms with van der Waals surface area (Å²) in [6, 6.07) is 9.48. The number of nitrogens with zero attached hydrogens (tertiary/aromatic N) is 1. The average molecular weight is 274 g/mol.